The lowest BCUT2D eigenvalue weighted by Gasteiger charge is -2.38. The molecule has 0 spiro atoms. The van der Waals surface area contributed by atoms with Crippen LogP contribution in [0.3, 0.4) is 0 Å². The van der Waals surface area contributed by atoms with E-state index < -0.39 is 5.97 Å². The van der Waals surface area contributed by atoms with Crippen molar-refractivity contribution in [3.05, 3.63) is 18.5 Å². The summed E-state index contributed by atoms with van der Waals surface area (Å²) in [5.74, 6) is -0.700. The normalized spacial score (nSPS) is 15.9. The van der Waals surface area contributed by atoms with Gasteiger partial charge in [-0.1, -0.05) is 0 Å². The summed E-state index contributed by atoms with van der Waals surface area (Å²) in [5.41, 5.74) is 0. The highest BCUT2D eigenvalue weighted by atomic mass is 16.4. The van der Waals surface area contributed by atoms with E-state index in [1.807, 2.05) is 0 Å². The topological polar surface area (TPSA) is 75.4 Å². The van der Waals surface area contributed by atoms with Crippen molar-refractivity contribution < 1.29 is 14.7 Å². The molecular weight excluding hydrogens is 210 g/mol. The molecule has 2 rings (SSSR count). The molecule has 86 valence electrons. The first kappa shape index (κ1) is 10.7. The van der Waals surface area contributed by atoms with Gasteiger partial charge in [0.15, 0.2) is 0 Å². The number of amides is 1. The summed E-state index contributed by atoms with van der Waals surface area (Å²) in [6.45, 7) is 1.32. The van der Waals surface area contributed by atoms with Gasteiger partial charge in [0.25, 0.3) is 0 Å². The first-order chi connectivity index (χ1) is 7.65. The number of aromatic nitrogens is 2. The fourth-order valence-electron chi connectivity index (χ4n) is 1.78. The van der Waals surface area contributed by atoms with E-state index >= 15 is 0 Å². The molecule has 1 N–H and O–H groups in total. The van der Waals surface area contributed by atoms with E-state index in [9.17, 15) is 9.59 Å². The Balaban J connectivity index is 1.75. The molecule has 1 amide bonds. The van der Waals surface area contributed by atoms with E-state index in [2.05, 4.69) is 5.10 Å². The Morgan fingerprint density at radius 2 is 2.19 bits per heavy atom. The van der Waals surface area contributed by atoms with Crippen LogP contribution in [0.25, 0.3) is 0 Å². The second-order valence-corrected chi connectivity index (χ2v) is 3.97. The Kier molecular flexibility index (Phi) is 2.89. The standard InChI is InChI=1S/C10H13N3O3/c14-9(7-13-3-1-2-11-13)12-5-8(6-12)4-10(15)16/h1-3,8H,4-7H2,(H,15,16). The van der Waals surface area contributed by atoms with Gasteiger partial charge in [0.1, 0.15) is 6.54 Å². The second kappa shape index (κ2) is 4.34. The van der Waals surface area contributed by atoms with Crippen LogP contribution in [0.2, 0.25) is 0 Å². The maximum absolute atomic E-state index is 11.6. The second-order valence-electron chi connectivity index (χ2n) is 3.97. The summed E-state index contributed by atoms with van der Waals surface area (Å²) >= 11 is 0. The fraction of sp³-hybridized carbons (Fsp3) is 0.500. The van der Waals surface area contributed by atoms with Crippen LogP contribution in [-0.4, -0.2) is 44.8 Å². The zero-order chi connectivity index (χ0) is 11.5. The van der Waals surface area contributed by atoms with Crippen LogP contribution in [0.15, 0.2) is 18.5 Å². The number of aliphatic carboxylic acids is 1. The van der Waals surface area contributed by atoms with Gasteiger partial charge >= 0.3 is 5.97 Å². The van der Waals surface area contributed by atoms with Crippen molar-refractivity contribution in [2.24, 2.45) is 5.92 Å². The van der Waals surface area contributed by atoms with Gasteiger partial charge in [-0.2, -0.15) is 5.10 Å². The quantitative estimate of drug-likeness (QED) is 0.768. The van der Waals surface area contributed by atoms with Crippen molar-refractivity contribution in [3.63, 3.8) is 0 Å². The molecule has 1 aliphatic heterocycles. The van der Waals surface area contributed by atoms with Crippen molar-refractivity contribution in [1.29, 1.82) is 0 Å². The van der Waals surface area contributed by atoms with E-state index in [4.69, 9.17) is 5.11 Å². The first-order valence-corrected chi connectivity index (χ1v) is 5.12. The number of hydrogen-bond donors (Lipinski definition) is 1. The zero-order valence-corrected chi connectivity index (χ0v) is 8.74. The number of carbonyl (C=O) groups is 2. The Bertz CT molecular complexity index is 382. The maximum Gasteiger partial charge on any atom is 0.303 e. The van der Waals surface area contributed by atoms with Gasteiger partial charge in [-0.05, 0) is 6.07 Å². The van der Waals surface area contributed by atoms with Gasteiger partial charge in [0.05, 0.1) is 6.42 Å². The van der Waals surface area contributed by atoms with Crippen molar-refractivity contribution in [1.82, 2.24) is 14.7 Å². The lowest BCUT2D eigenvalue weighted by Crippen LogP contribution is -2.51. The third-order valence-corrected chi connectivity index (χ3v) is 2.63. The minimum atomic E-state index is -0.802. The van der Waals surface area contributed by atoms with Crippen LogP contribution in [0, 0.1) is 5.92 Å². The zero-order valence-electron chi connectivity index (χ0n) is 8.74. The van der Waals surface area contributed by atoms with E-state index in [1.54, 1.807) is 28.0 Å². The SMILES string of the molecule is O=C(O)CC1CN(C(=O)Cn2cccn2)C1. The molecule has 6 heteroatoms. The predicted molar refractivity (Wildman–Crippen MR) is 54.5 cm³/mol. The minimum absolute atomic E-state index is 0.00895. The van der Waals surface area contributed by atoms with Gasteiger partial charge < -0.3 is 10.0 Å². The summed E-state index contributed by atoms with van der Waals surface area (Å²) in [4.78, 5) is 23.7. The van der Waals surface area contributed by atoms with Gasteiger partial charge in [-0.25, -0.2) is 0 Å². The number of rotatable bonds is 4. The molecule has 1 aliphatic rings. The summed E-state index contributed by atoms with van der Waals surface area (Å²) in [6, 6.07) is 1.76. The molecule has 2 heterocycles. The maximum atomic E-state index is 11.6. The molecule has 0 saturated carbocycles. The smallest absolute Gasteiger partial charge is 0.303 e. The highest BCUT2D eigenvalue weighted by molar-refractivity contribution is 5.77. The molecular formula is C10H13N3O3. The highest BCUT2D eigenvalue weighted by Crippen LogP contribution is 2.19. The molecule has 0 unspecified atom stereocenters. The van der Waals surface area contributed by atoms with Crippen molar-refractivity contribution in [2.75, 3.05) is 13.1 Å². The van der Waals surface area contributed by atoms with Crippen LogP contribution in [0.5, 0.6) is 0 Å². The average Bonchev–Trinajstić information content (AvgIpc) is 2.62. The third kappa shape index (κ3) is 2.39. The van der Waals surface area contributed by atoms with E-state index in [0.29, 0.717) is 13.1 Å². The van der Waals surface area contributed by atoms with Crippen LogP contribution in [0.4, 0.5) is 0 Å². The van der Waals surface area contributed by atoms with Crippen LogP contribution >= 0.6 is 0 Å². The molecule has 1 aromatic heterocycles. The third-order valence-electron chi connectivity index (χ3n) is 2.63. The first-order valence-electron chi connectivity index (χ1n) is 5.12. The molecule has 16 heavy (non-hydrogen) atoms. The van der Waals surface area contributed by atoms with Crippen LogP contribution < -0.4 is 0 Å². The Morgan fingerprint density at radius 3 is 2.75 bits per heavy atom. The Hall–Kier alpha value is -1.85. The van der Waals surface area contributed by atoms with Gasteiger partial charge in [0, 0.05) is 31.4 Å². The molecule has 0 atom stereocenters. The predicted octanol–water partition coefficient (Wildman–Crippen LogP) is -0.184. The van der Waals surface area contributed by atoms with Crippen molar-refractivity contribution in [2.45, 2.75) is 13.0 Å². The summed E-state index contributed by atoms with van der Waals surface area (Å²) < 4.78 is 1.56. The Morgan fingerprint density at radius 1 is 1.44 bits per heavy atom. The van der Waals surface area contributed by atoms with Gasteiger partial charge in [0.2, 0.25) is 5.91 Å². The number of carboxylic acid groups (broad SMARTS) is 1. The number of nitrogens with zero attached hydrogens (tertiary/aromatic N) is 3. The number of hydrogen-bond acceptors (Lipinski definition) is 3. The fourth-order valence-corrected chi connectivity index (χ4v) is 1.78. The monoisotopic (exact) mass is 223 g/mol. The summed E-state index contributed by atoms with van der Waals surface area (Å²) in [5, 5.41) is 12.5. The van der Waals surface area contributed by atoms with Crippen molar-refractivity contribution >= 4 is 11.9 Å². The molecule has 0 radical (unpaired) electrons. The van der Waals surface area contributed by atoms with E-state index in [0.717, 1.165) is 0 Å². The van der Waals surface area contributed by atoms with Crippen LogP contribution in [0.1, 0.15) is 6.42 Å². The van der Waals surface area contributed by atoms with E-state index in [-0.39, 0.29) is 24.8 Å². The highest BCUT2D eigenvalue weighted by Gasteiger charge is 2.31. The average molecular weight is 223 g/mol. The molecule has 0 bridgehead atoms. The molecule has 1 aromatic rings. The van der Waals surface area contributed by atoms with Gasteiger partial charge in [-0.3, -0.25) is 14.3 Å². The lowest BCUT2D eigenvalue weighted by molar-refractivity contribution is -0.145. The molecule has 0 aromatic carbocycles. The molecule has 0 aliphatic carbocycles. The number of likely N-dealkylation sites (tertiary alicyclic amines) is 1. The molecule has 6 nitrogen and oxygen atoms in total. The minimum Gasteiger partial charge on any atom is -0.481 e. The molecule has 1 saturated heterocycles. The van der Waals surface area contributed by atoms with Crippen LogP contribution in [-0.2, 0) is 16.1 Å². The largest absolute Gasteiger partial charge is 0.481 e. The van der Waals surface area contributed by atoms with Gasteiger partial charge in [-0.15, -0.1) is 0 Å². The number of carboxylic acids is 1. The Labute approximate surface area is 92.5 Å². The summed E-state index contributed by atoms with van der Waals surface area (Å²) in [7, 11) is 0. The van der Waals surface area contributed by atoms with E-state index in [1.165, 1.54) is 0 Å². The summed E-state index contributed by atoms with van der Waals surface area (Å²) in [6.07, 6.45) is 3.49. The lowest BCUT2D eigenvalue weighted by atomic mass is 9.96. The van der Waals surface area contributed by atoms with Crippen molar-refractivity contribution in [3.8, 4) is 0 Å². The molecule has 1 fully saturated rings. The number of carbonyl (C=O) groups excluding carboxylic acids is 1.